The van der Waals surface area contributed by atoms with Crippen LogP contribution in [0.1, 0.15) is 50.9 Å². The number of hydrogen-bond donors (Lipinski definition) is 4. The van der Waals surface area contributed by atoms with Crippen molar-refractivity contribution in [2.75, 3.05) is 115 Å². The Morgan fingerprint density at radius 3 is 2.12 bits per heavy atom. The third-order valence-corrected chi connectivity index (χ3v) is 14.6. The number of alkyl halides is 1. The zero-order valence-corrected chi connectivity index (χ0v) is 42.9. The van der Waals surface area contributed by atoms with E-state index in [1.54, 1.807) is 39.0 Å². The highest BCUT2D eigenvalue weighted by Crippen LogP contribution is 2.49. The second-order valence-corrected chi connectivity index (χ2v) is 19.3. The number of ether oxygens (including phenoxy) is 5. The van der Waals surface area contributed by atoms with Crippen LogP contribution in [0.15, 0.2) is 78.2 Å². The predicted octanol–water partition coefficient (Wildman–Crippen LogP) is 5.94. The summed E-state index contributed by atoms with van der Waals surface area (Å²) in [5.41, 5.74) is 5.48. The number of nitrogens with zero attached hydrogens (tertiary/aromatic N) is 4. The maximum atomic E-state index is 14.4. The summed E-state index contributed by atoms with van der Waals surface area (Å²) in [6.07, 6.45) is 2.02. The lowest BCUT2D eigenvalue weighted by molar-refractivity contribution is -0.137. The first-order chi connectivity index (χ1) is 36.4. The van der Waals surface area contributed by atoms with Gasteiger partial charge in [-0.25, -0.2) is 4.79 Å². The van der Waals surface area contributed by atoms with Crippen LogP contribution in [-0.4, -0.2) is 171 Å². The Morgan fingerprint density at radius 2 is 1.40 bits per heavy atom. The molecule has 0 aliphatic carbocycles. The van der Waals surface area contributed by atoms with Crippen molar-refractivity contribution in [3.05, 3.63) is 101 Å². The van der Waals surface area contributed by atoms with E-state index in [0.717, 1.165) is 47.9 Å². The van der Waals surface area contributed by atoms with E-state index in [2.05, 4.69) is 20.6 Å². The van der Waals surface area contributed by atoms with Crippen LogP contribution in [0.4, 0.5) is 16.2 Å². The van der Waals surface area contributed by atoms with Crippen molar-refractivity contribution in [2.24, 2.45) is 0 Å². The number of aromatic nitrogens is 2. The molecule has 20 nitrogen and oxygen atoms in total. The molecular weight excluding hydrogens is 1010 g/mol. The minimum absolute atomic E-state index is 0.0208. The minimum Gasteiger partial charge on any atom is -0.409 e. The molecule has 0 radical (unpaired) electrons. The molecule has 3 aliphatic rings. The standard InChI is InChI=1S/C53H57ClN8O12S/c1-33-32-75-50-43(29-42-49(48(33)50)36(30-54)31-62(42)52(68)41-28-35-26-37(6-7-39(35)58-41)56-51(67)40-27-34-4-2-3-5-38(34)57-40)74-53(69)60-16-14-59(15-17-60)45(64)11-18-70-20-22-72-24-25-73-23-21-71-19-12-55-44(63)10-13-61-46(65)8-9-47(61)66/h2-9,26-29,32,36,57-58H,10-25,30-31H2,1H3,(H,55,63)(H,56,67)/t36-/m0/s1. The zero-order chi connectivity index (χ0) is 52.4. The number of halogens is 1. The molecule has 22 heteroatoms. The molecule has 1 atom stereocenters. The molecule has 0 bridgehead atoms. The Balaban J connectivity index is 0.683. The summed E-state index contributed by atoms with van der Waals surface area (Å²) in [5, 5.41) is 10.2. The molecule has 0 unspecified atom stereocenters. The number of hydrogen-bond acceptors (Lipinski definition) is 13. The van der Waals surface area contributed by atoms with Crippen LogP contribution in [0.5, 0.6) is 5.75 Å². The van der Waals surface area contributed by atoms with E-state index in [1.165, 1.54) is 23.5 Å². The summed E-state index contributed by atoms with van der Waals surface area (Å²) in [7, 11) is 0. The monoisotopic (exact) mass is 1060 g/mol. The van der Waals surface area contributed by atoms with Crippen molar-refractivity contribution in [1.82, 2.24) is 30.0 Å². The number of benzene rings is 3. The van der Waals surface area contributed by atoms with Crippen LogP contribution in [0, 0.1) is 6.92 Å². The number of aryl methyl sites for hydroxylation is 1. The van der Waals surface area contributed by atoms with Gasteiger partial charge in [0.25, 0.3) is 23.6 Å². The average Bonchev–Trinajstić information content (AvgIpc) is 4.26. The van der Waals surface area contributed by atoms with Crippen molar-refractivity contribution in [3.8, 4) is 5.75 Å². The minimum atomic E-state index is -0.549. The second-order valence-electron chi connectivity index (χ2n) is 18.1. The molecule has 7 amide bonds. The van der Waals surface area contributed by atoms with Crippen LogP contribution < -0.4 is 20.3 Å². The number of amides is 7. The number of piperazine rings is 1. The fraction of sp³-hybridized carbons (Fsp3) is 0.377. The van der Waals surface area contributed by atoms with Gasteiger partial charge < -0.3 is 59.0 Å². The zero-order valence-electron chi connectivity index (χ0n) is 41.3. The molecule has 6 heterocycles. The normalized spacial score (nSPS) is 15.5. The smallest absolute Gasteiger partial charge is 0.409 e. The van der Waals surface area contributed by atoms with Gasteiger partial charge in [0, 0.05) is 115 Å². The molecule has 4 N–H and O–H groups in total. The van der Waals surface area contributed by atoms with E-state index in [0.29, 0.717) is 94.3 Å². The van der Waals surface area contributed by atoms with Gasteiger partial charge >= 0.3 is 6.09 Å². The number of nitrogens with one attached hydrogen (secondary N) is 4. The molecule has 75 heavy (non-hydrogen) atoms. The van der Waals surface area contributed by atoms with Gasteiger partial charge in [0.1, 0.15) is 11.4 Å². The Labute approximate surface area is 440 Å². The third-order valence-electron chi connectivity index (χ3n) is 13.1. The number of fused-ring (bicyclic) bond motifs is 5. The van der Waals surface area contributed by atoms with Gasteiger partial charge in [-0.05, 0) is 59.8 Å². The lowest BCUT2D eigenvalue weighted by Gasteiger charge is -2.34. The second kappa shape index (κ2) is 24.5. The van der Waals surface area contributed by atoms with Gasteiger partial charge in [0.2, 0.25) is 11.8 Å². The number of carbonyl (C=O) groups is 7. The van der Waals surface area contributed by atoms with E-state index in [1.807, 2.05) is 48.7 Å². The first-order valence-electron chi connectivity index (χ1n) is 24.8. The number of anilines is 2. The quantitative estimate of drug-likeness (QED) is 0.0332. The summed E-state index contributed by atoms with van der Waals surface area (Å²) in [6.45, 7) is 6.41. The Bertz CT molecular complexity index is 3090. The highest BCUT2D eigenvalue weighted by Gasteiger charge is 2.37. The Morgan fingerprint density at radius 1 is 0.747 bits per heavy atom. The van der Waals surface area contributed by atoms with Gasteiger partial charge in [-0.1, -0.05) is 18.2 Å². The van der Waals surface area contributed by atoms with Gasteiger partial charge in [-0.2, -0.15) is 0 Å². The van der Waals surface area contributed by atoms with Crippen LogP contribution in [-0.2, 0) is 38.1 Å². The molecule has 3 aromatic heterocycles. The number of imide groups is 1. The molecule has 9 rings (SSSR count). The molecule has 394 valence electrons. The summed E-state index contributed by atoms with van der Waals surface area (Å²) < 4.78 is 29.0. The van der Waals surface area contributed by atoms with Crippen LogP contribution >= 0.6 is 22.9 Å². The predicted molar refractivity (Wildman–Crippen MR) is 282 cm³/mol. The Hall–Kier alpha value is -7.14. The van der Waals surface area contributed by atoms with E-state index in [4.69, 9.17) is 35.3 Å². The van der Waals surface area contributed by atoms with Gasteiger partial charge in [-0.15, -0.1) is 22.9 Å². The maximum absolute atomic E-state index is 14.4. The molecule has 0 spiro atoms. The van der Waals surface area contributed by atoms with Crippen molar-refractivity contribution >= 4 is 108 Å². The first-order valence-corrected chi connectivity index (χ1v) is 26.2. The summed E-state index contributed by atoms with van der Waals surface area (Å²) in [4.78, 5) is 102. The molecule has 3 aromatic carbocycles. The number of carbonyl (C=O) groups excluding carboxylic acids is 7. The average molecular weight is 1070 g/mol. The largest absolute Gasteiger partial charge is 0.415 e. The van der Waals surface area contributed by atoms with Crippen molar-refractivity contribution in [1.29, 1.82) is 0 Å². The molecule has 1 saturated heterocycles. The number of H-pyrrole nitrogens is 2. The van der Waals surface area contributed by atoms with Crippen molar-refractivity contribution in [2.45, 2.75) is 25.7 Å². The van der Waals surface area contributed by atoms with Crippen LogP contribution in [0.3, 0.4) is 0 Å². The van der Waals surface area contributed by atoms with Gasteiger partial charge in [-0.3, -0.25) is 33.7 Å². The van der Waals surface area contributed by atoms with Gasteiger partial charge in [0.15, 0.2) is 5.75 Å². The number of rotatable bonds is 23. The highest BCUT2D eigenvalue weighted by atomic mass is 35.5. The van der Waals surface area contributed by atoms with E-state index in [-0.39, 0.29) is 81.1 Å². The van der Waals surface area contributed by atoms with E-state index in [9.17, 15) is 33.6 Å². The number of aromatic amines is 2. The van der Waals surface area contributed by atoms with Gasteiger partial charge in [0.05, 0.1) is 69.7 Å². The summed E-state index contributed by atoms with van der Waals surface area (Å²) in [6, 6.07) is 18.4. The number of para-hydroxylation sites is 1. The summed E-state index contributed by atoms with van der Waals surface area (Å²) >= 11 is 8.06. The van der Waals surface area contributed by atoms with Crippen LogP contribution in [0.2, 0.25) is 0 Å². The Kier molecular flexibility index (Phi) is 17.2. The number of thiophene rings is 1. The fourth-order valence-electron chi connectivity index (χ4n) is 9.25. The summed E-state index contributed by atoms with van der Waals surface area (Å²) in [5.74, 6) is -1.31. The fourth-order valence-corrected chi connectivity index (χ4v) is 10.5. The van der Waals surface area contributed by atoms with Crippen molar-refractivity contribution < 1.29 is 57.2 Å². The molecule has 6 aromatic rings. The SMILES string of the molecule is Cc1csc2c(OC(=O)N3CCN(C(=O)CCOCCOCCOCCOCCNC(=O)CCN4C(=O)C=CC4=O)CC3)cc3c(c12)[C@@H](CCl)CN3C(=O)c1cc2cc(NC(=O)c3cc4ccccc4[nH]3)ccc2[nH]1. The molecule has 3 aliphatic heterocycles. The molecule has 0 saturated carbocycles. The lowest BCUT2D eigenvalue weighted by Crippen LogP contribution is -2.51. The lowest BCUT2D eigenvalue weighted by atomic mass is 9.97. The first kappa shape index (κ1) is 52.7. The van der Waals surface area contributed by atoms with Crippen molar-refractivity contribution in [3.63, 3.8) is 0 Å². The van der Waals surface area contributed by atoms with E-state index >= 15 is 0 Å². The molecule has 1 fully saturated rings. The highest BCUT2D eigenvalue weighted by molar-refractivity contribution is 7.17. The maximum Gasteiger partial charge on any atom is 0.415 e. The van der Waals surface area contributed by atoms with E-state index < -0.39 is 17.9 Å². The van der Waals surface area contributed by atoms with Crippen LogP contribution in [0.25, 0.3) is 31.9 Å². The topological polar surface area (TPSA) is 234 Å². The third kappa shape index (κ3) is 12.5. The molecular formula is C53H57ClN8O12S.